The third-order valence-electron chi connectivity index (χ3n) is 2.21. The minimum atomic E-state index is 0. The van der Waals surface area contributed by atoms with Gasteiger partial charge in [-0.25, -0.2) is 4.99 Å². The zero-order chi connectivity index (χ0) is 12.0. The van der Waals surface area contributed by atoms with Crippen molar-refractivity contribution >= 4 is 29.9 Å². The molecule has 96 valence electrons. The fourth-order valence-corrected chi connectivity index (χ4v) is 1.21. The summed E-state index contributed by atoms with van der Waals surface area (Å²) in [5.74, 6) is 1.05. The van der Waals surface area contributed by atoms with Crippen molar-refractivity contribution in [3.63, 3.8) is 0 Å². The Kier molecular flexibility index (Phi) is 7.86. The predicted octanol–water partition coefficient (Wildman–Crippen LogP) is 2.07. The third kappa shape index (κ3) is 6.45. The average molecular weight is 348 g/mol. The van der Waals surface area contributed by atoms with Gasteiger partial charge in [-0.05, 0) is 24.5 Å². The van der Waals surface area contributed by atoms with E-state index in [0.717, 1.165) is 17.8 Å². The maximum absolute atomic E-state index is 5.73. The molecule has 17 heavy (non-hydrogen) atoms. The summed E-state index contributed by atoms with van der Waals surface area (Å²) < 4.78 is 0. The first kappa shape index (κ1) is 16.1. The van der Waals surface area contributed by atoms with E-state index in [0.29, 0.717) is 18.4 Å². The van der Waals surface area contributed by atoms with Gasteiger partial charge in [0, 0.05) is 12.7 Å². The highest BCUT2D eigenvalue weighted by Gasteiger charge is 1.98. The molecular weight excluding hydrogens is 327 g/mol. The molecule has 0 aliphatic carbocycles. The van der Waals surface area contributed by atoms with Crippen molar-refractivity contribution in [3.05, 3.63) is 29.6 Å². The predicted molar refractivity (Wildman–Crippen MR) is 82.6 cm³/mol. The summed E-state index contributed by atoms with van der Waals surface area (Å²) in [5.41, 5.74) is 7.84. The molecule has 1 aromatic heterocycles. The van der Waals surface area contributed by atoms with Crippen molar-refractivity contribution in [1.82, 2.24) is 10.3 Å². The van der Waals surface area contributed by atoms with E-state index in [1.807, 2.05) is 19.1 Å². The third-order valence-corrected chi connectivity index (χ3v) is 2.21. The molecule has 0 atom stereocenters. The van der Waals surface area contributed by atoms with Gasteiger partial charge in [0.25, 0.3) is 0 Å². The van der Waals surface area contributed by atoms with Gasteiger partial charge in [-0.15, -0.1) is 24.0 Å². The number of pyridine rings is 1. The van der Waals surface area contributed by atoms with Gasteiger partial charge in [-0.2, -0.15) is 0 Å². The van der Waals surface area contributed by atoms with Gasteiger partial charge in [0.2, 0.25) is 0 Å². The molecule has 5 heteroatoms. The molecular formula is C12H21IN4. The van der Waals surface area contributed by atoms with E-state index in [9.17, 15) is 0 Å². The Balaban J connectivity index is 0.00000256. The molecule has 1 aromatic rings. The number of rotatable bonds is 4. The standard InChI is InChI=1S/C12H20N4.HI/c1-9(2)7-15-12(13)16-8-11-10(3)5-4-6-14-11;/h4-6,9H,7-8H2,1-3H3,(H3,13,15,16);1H. The lowest BCUT2D eigenvalue weighted by atomic mass is 10.2. The number of nitrogens with zero attached hydrogens (tertiary/aromatic N) is 2. The Morgan fingerprint density at radius 2 is 2.24 bits per heavy atom. The zero-order valence-corrected chi connectivity index (χ0v) is 12.9. The highest BCUT2D eigenvalue weighted by molar-refractivity contribution is 14.0. The molecule has 0 aliphatic rings. The van der Waals surface area contributed by atoms with Crippen LogP contribution in [0, 0.1) is 12.8 Å². The molecule has 0 bridgehead atoms. The van der Waals surface area contributed by atoms with Crippen LogP contribution in [-0.2, 0) is 6.54 Å². The Bertz CT molecular complexity index is 363. The van der Waals surface area contributed by atoms with Crippen LogP contribution in [0.1, 0.15) is 25.1 Å². The largest absolute Gasteiger partial charge is 0.370 e. The Morgan fingerprint density at radius 1 is 1.53 bits per heavy atom. The lowest BCUT2D eigenvalue weighted by Crippen LogP contribution is -2.34. The van der Waals surface area contributed by atoms with E-state index in [-0.39, 0.29) is 24.0 Å². The van der Waals surface area contributed by atoms with Gasteiger partial charge in [0.05, 0.1) is 12.2 Å². The van der Waals surface area contributed by atoms with E-state index in [1.54, 1.807) is 6.20 Å². The van der Waals surface area contributed by atoms with Crippen molar-refractivity contribution in [3.8, 4) is 0 Å². The molecule has 3 N–H and O–H groups in total. The van der Waals surface area contributed by atoms with E-state index in [4.69, 9.17) is 5.73 Å². The van der Waals surface area contributed by atoms with Gasteiger partial charge >= 0.3 is 0 Å². The minimum Gasteiger partial charge on any atom is -0.370 e. The molecule has 0 aromatic carbocycles. The van der Waals surface area contributed by atoms with E-state index in [2.05, 4.69) is 29.1 Å². The van der Waals surface area contributed by atoms with E-state index >= 15 is 0 Å². The lowest BCUT2D eigenvalue weighted by molar-refractivity contribution is 0.621. The summed E-state index contributed by atoms with van der Waals surface area (Å²) in [5, 5.41) is 3.07. The van der Waals surface area contributed by atoms with Gasteiger partial charge in [0.1, 0.15) is 0 Å². The SMILES string of the molecule is Cc1cccnc1CN=C(N)NCC(C)C.I. The average Bonchev–Trinajstić information content (AvgIpc) is 2.25. The number of nitrogens with one attached hydrogen (secondary N) is 1. The zero-order valence-electron chi connectivity index (χ0n) is 10.6. The van der Waals surface area contributed by atoms with Crippen LogP contribution >= 0.6 is 24.0 Å². The molecule has 1 rings (SSSR count). The van der Waals surface area contributed by atoms with Gasteiger partial charge in [-0.1, -0.05) is 19.9 Å². The Labute approximate surface area is 120 Å². The quantitative estimate of drug-likeness (QED) is 0.497. The van der Waals surface area contributed by atoms with E-state index in [1.165, 1.54) is 0 Å². The molecule has 0 fully saturated rings. The van der Waals surface area contributed by atoms with Crippen molar-refractivity contribution in [1.29, 1.82) is 0 Å². The normalized spacial score (nSPS) is 11.2. The molecule has 0 amide bonds. The first-order valence-corrected chi connectivity index (χ1v) is 5.54. The first-order valence-electron chi connectivity index (χ1n) is 5.54. The summed E-state index contributed by atoms with van der Waals surface area (Å²) in [6.07, 6.45) is 1.77. The fourth-order valence-electron chi connectivity index (χ4n) is 1.21. The molecule has 0 saturated heterocycles. The topological polar surface area (TPSA) is 63.3 Å². The number of aryl methyl sites for hydroxylation is 1. The van der Waals surface area contributed by atoms with Crippen molar-refractivity contribution in [2.75, 3.05) is 6.54 Å². The van der Waals surface area contributed by atoms with Crippen molar-refractivity contribution in [2.24, 2.45) is 16.6 Å². The Hall–Kier alpha value is -0.850. The highest BCUT2D eigenvalue weighted by Crippen LogP contribution is 2.03. The summed E-state index contributed by atoms with van der Waals surface area (Å²) in [6.45, 7) is 7.65. The number of hydrogen-bond donors (Lipinski definition) is 2. The lowest BCUT2D eigenvalue weighted by Gasteiger charge is -2.08. The summed E-state index contributed by atoms with van der Waals surface area (Å²) in [6, 6.07) is 3.94. The summed E-state index contributed by atoms with van der Waals surface area (Å²) in [7, 11) is 0. The van der Waals surface area contributed by atoms with Crippen molar-refractivity contribution in [2.45, 2.75) is 27.3 Å². The first-order chi connectivity index (χ1) is 7.59. The maximum Gasteiger partial charge on any atom is 0.188 e. The second-order valence-electron chi connectivity index (χ2n) is 4.24. The molecule has 0 saturated carbocycles. The molecule has 0 radical (unpaired) electrons. The summed E-state index contributed by atoms with van der Waals surface area (Å²) >= 11 is 0. The van der Waals surface area contributed by atoms with Crippen LogP contribution in [0.3, 0.4) is 0 Å². The molecule has 0 unspecified atom stereocenters. The smallest absolute Gasteiger partial charge is 0.188 e. The van der Waals surface area contributed by atoms with Crippen LogP contribution in [0.25, 0.3) is 0 Å². The van der Waals surface area contributed by atoms with Crippen LogP contribution in [0.15, 0.2) is 23.3 Å². The maximum atomic E-state index is 5.73. The molecule has 0 spiro atoms. The highest BCUT2D eigenvalue weighted by atomic mass is 127. The minimum absolute atomic E-state index is 0. The number of halogens is 1. The van der Waals surface area contributed by atoms with Gasteiger partial charge in [-0.3, -0.25) is 4.98 Å². The van der Waals surface area contributed by atoms with Crippen LogP contribution in [0.5, 0.6) is 0 Å². The number of nitrogens with two attached hydrogens (primary N) is 1. The Morgan fingerprint density at radius 3 is 2.82 bits per heavy atom. The van der Waals surface area contributed by atoms with Crippen LogP contribution in [0.4, 0.5) is 0 Å². The fraction of sp³-hybridized carbons (Fsp3) is 0.500. The van der Waals surface area contributed by atoms with E-state index < -0.39 is 0 Å². The number of guanidine groups is 1. The van der Waals surface area contributed by atoms with Gasteiger partial charge in [0.15, 0.2) is 5.96 Å². The van der Waals surface area contributed by atoms with Gasteiger partial charge < -0.3 is 11.1 Å². The van der Waals surface area contributed by atoms with Crippen molar-refractivity contribution < 1.29 is 0 Å². The molecule has 1 heterocycles. The van der Waals surface area contributed by atoms with Crippen LogP contribution in [-0.4, -0.2) is 17.5 Å². The molecule has 0 aliphatic heterocycles. The summed E-state index contributed by atoms with van der Waals surface area (Å²) in [4.78, 5) is 8.50. The number of aliphatic imine (C=N–C) groups is 1. The van der Waals surface area contributed by atoms with Crippen LogP contribution < -0.4 is 11.1 Å². The molecule has 4 nitrogen and oxygen atoms in total. The van der Waals surface area contributed by atoms with Crippen LogP contribution in [0.2, 0.25) is 0 Å². The number of aromatic nitrogens is 1. The number of hydrogen-bond acceptors (Lipinski definition) is 2. The second-order valence-corrected chi connectivity index (χ2v) is 4.24. The second kappa shape index (κ2) is 8.27. The monoisotopic (exact) mass is 348 g/mol.